The van der Waals surface area contributed by atoms with Gasteiger partial charge in [-0.2, -0.15) is 0 Å². The number of nitrogens with one attached hydrogen (secondary N) is 1. The highest BCUT2D eigenvalue weighted by Gasteiger charge is 2.77. The fraction of sp³-hybridized carbons (Fsp3) is 0.318. The Labute approximate surface area is 166 Å². The Morgan fingerprint density at radius 1 is 1.10 bits per heavy atom. The molecule has 3 aliphatic heterocycles. The Balaban J connectivity index is 1.81. The molecule has 0 aromatic heterocycles. The Morgan fingerprint density at radius 2 is 1.83 bits per heavy atom. The first-order valence-corrected chi connectivity index (χ1v) is 9.44. The van der Waals surface area contributed by atoms with Gasteiger partial charge < -0.3 is 14.2 Å². The lowest BCUT2D eigenvalue weighted by molar-refractivity contribution is -0.157. The largest absolute Gasteiger partial charge is 0.485 e. The summed E-state index contributed by atoms with van der Waals surface area (Å²) in [7, 11) is 1.24. The van der Waals surface area contributed by atoms with Gasteiger partial charge in [0.25, 0.3) is 0 Å². The van der Waals surface area contributed by atoms with Gasteiger partial charge in [0.05, 0.1) is 25.3 Å². The molecular formula is C22H19NO6. The minimum Gasteiger partial charge on any atom is -0.485 e. The van der Waals surface area contributed by atoms with Crippen LogP contribution in [0.2, 0.25) is 0 Å². The second-order valence-electron chi connectivity index (χ2n) is 7.53. The first kappa shape index (κ1) is 17.9. The van der Waals surface area contributed by atoms with Crippen molar-refractivity contribution in [1.82, 2.24) is 5.32 Å². The number of hydrogen-bond donors (Lipinski definition) is 1. The van der Waals surface area contributed by atoms with Gasteiger partial charge in [0.2, 0.25) is 0 Å². The fourth-order valence-corrected chi connectivity index (χ4v) is 4.92. The topological polar surface area (TPSA) is 90.9 Å². The normalized spacial score (nSPS) is 32.3. The van der Waals surface area contributed by atoms with Gasteiger partial charge in [0.1, 0.15) is 5.75 Å². The number of cyclic esters (lactones) is 1. The molecule has 0 unspecified atom stereocenters. The van der Waals surface area contributed by atoms with E-state index in [4.69, 9.17) is 14.2 Å². The number of carbonyl (C=O) groups excluding carboxylic acids is 3. The number of methoxy groups -OCH3 is 1. The molecule has 0 amide bonds. The summed E-state index contributed by atoms with van der Waals surface area (Å²) < 4.78 is 16.6. The third-order valence-electron chi connectivity index (χ3n) is 6.22. The molecule has 0 radical (unpaired) electrons. The summed E-state index contributed by atoms with van der Waals surface area (Å²) in [6.07, 6.45) is -0.807. The molecule has 2 saturated heterocycles. The average molecular weight is 393 g/mol. The van der Waals surface area contributed by atoms with E-state index in [-0.39, 0.29) is 13.0 Å². The van der Waals surface area contributed by atoms with E-state index in [9.17, 15) is 14.4 Å². The van der Waals surface area contributed by atoms with Crippen LogP contribution in [-0.4, -0.2) is 43.1 Å². The van der Waals surface area contributed by atoms with Crippen molar-refractivity contribution >= 4 is 17.7 Å². The molecule has 2 fully saturated rings. The van der Waals surface area contributed by atoms with Crippen molar-refractivity contribution in [3.8, 4) is 5.75 Å². The zero-order valence-corrected chi connectivity index (χ0v) is 15.7. The van der Waals surface area contributed by atoms with Crippen LogP contribution in [0, 0.1) is 5.41 Å². The molecule has 29 heavy (non-hydrogen) atoms. The van der Waals surface area contributed by atoms with Crippen molar-refractivity contribution in [3.63, 3.8) is 0 Å². The van der Waals surface area contributed by atoms with Crippen LogP contribution in [0.4, 0.5) is 0 Å². The highest BCUT2D eigenvalue weighted by atomic mass is 16.6. The molecule has 0 bridgehead atoms. The molecule has 7 heteroatoms. The summed E-state index contributed by atoms with van der Waals surface area (Å²) in [5.74, 6) is -1.34. The number of para-hydroxylation sites is 1. The summed E-state index contributed by atoms with van der Waals surface area (Å²) in [5.41, 5.74) is -2.10. The summed E-state index contributed by atoms with van der Waals surface area (Å²) in [6, 6.07) is 15.0. The molecule has 3 heterocycles. The quantitative estimate of drug-likeness (QED) is 0.615. The number of hydrogen-bond acceptors (Lipinski definition) is 7. The number of esters is 2. The first-order chi connectivity index (χ1) is 14.1. The SMILES string of the molecule is COC(=O)[C@@]12C(=O)c3ccccc3O[C@@H]1[C@]1(CCOC1=O)N[C@H]2c1ccccc1. The maximum absolute atomic E-state index is 13.9. The van der Waals surface area contributed by atoms with Crippen LogP contribution in [-0.2, 0) is 19.1 Å². The summed E-state index contributed by atoms with van der Waals surface area (Å²) in [5, 5.41) is 3.27. The van der Waals surface area contributed by atoms with E-state index in [1.54, 1.807) is 24.3 Å². The van der Waals surface area contributed by atoms with E-state index >= 15 is 0 Å². The predicted octanol–water partition coefficient (Wildman–Crippen LogP) is 1.82. The van der Waals surface area contributed by atoms with Crippen molar-refractivity contribution in [2.45, 2.75) is 24.1 Å². The monoisotopic (exact) mass is 393 g/mol. The Morgan fingerprint density at radius 3 is 2.52 bits per heavy atom. The fourth-order valence-electron chi connectivity index (χ4n) is 4.92. The van der Waals surface area contributed by atoms with Gasteiger partial charge in [-0.25, -0.2) is 4.79 Å². The second-order valence-corrected chi connectivity index (χ2v) is 7.53. The van der Waals surface area contributed by atoms with Gasteiger partial charge in [-0.05, 0) is 17.7 Å². The highest BCUT2D eigenvalue weighted by Crippen LogP contribution is 2.57. The lowest BCUT2D eigenvalue weighted by atomic mass is 9.66. The number of fused-ring (bicyclic) bond motifs is 3. The molecule has 1 spiro atoms. The third-order valence-corrected chi connectivity index (χ3v) is 6.22. The Hall–Kier alpha value is -3.19. The van der Waals surface area contributed by atoms with Gasteiger partial charge in [-0.3, -0.25) is 14.9 Å². The Kier molecular flexibility index (Phi) is 3.79. The molecule has 148 valence electrons. The second kappa shape index (κ2) is 6.15. The van der Waals surface area contributed by atoms with Crippen molar-refractivity contribution in [2.75, 3.05) is 13.7 Å². The summed E-state index contributed by atoms with van der Waals surface area (Å²) in [6.45, 7) is 0.181. The van der Waals surface area contributed by atoms with Crippen LogP contribution in [0.3, 0.4) is 0 Å². The zero-order valence-electron chi connectivity index (χ0n) is 15.7. The van der Waals surface area contributed by atoms with E-state index in [0.29, 0.717) is 16.9 Å². The molecule has 0 saturated carbocycles. The van der Waals surface area contributed by atoms with Crippen LogP contribution in [0.1, 0.15) is 28.4 Å². The predicted molar refractivity (Wildman–Crippen MR) is 100 cm³/mol. The van der Waals surface area contributed by atoms with Gasteiger partial charge in [0.15, 0.2) is 22.8 Å². The van der Waals surface area contributed by atoms with Crippen LogP contribution < -0.4 is 10.1 Å². The van der Waals surface area contributed by atoms with Crippen molar-refractivity contribution in [2.24, 2.45) is 5.41 Å². The van der Waals surface area contributed by atoms with Gasteiger partial charge in [0, 0.05) is 6.42 Å². The van der Waals surface area contributed by atoms with Gasteiger partial charge in [-0.15, -0.1) is 0 Å². The average Bonchev–Trinajstić information content (AvgIpc) is 3.28. The van der Waals surface area contributed by atoms with E-state index in [1.165, 1.54) is 7.11 Å². The summed E-state index contributed by atoms with van der Waals surface area (Å²) in [4.78, 5) is 40.1. The van der Waals surface area contributed by atoms with Crippen molar-refractivity contribution < 1.29 is 28.6 Å². The maximum Gasteiger partial charge on any atom is 0.330 e. The van der Waals surface area contributed by atoms with Crippen LogP contribution in [0.25, 0.3) is 0 Å². The Bertz CT molecular complexity index is 1020. The van der Waals surface area contributed by atoms with E-state index in [1.807, 2.05) is 30.3 Å². The van der Waals surface area contributed by atoms with Crippen molar-refractivity contribution in [1.29, 1.82) is 0 Å². The minimum absolute atomic E-state index is 0.181. The van der Waals surface area contributed by atoms with Gasteiger partial charge >= 0.3 is 11.9 Å². The zero-order chi connectivity index (χ0) is 20.2. The number of ether oxygens (including phenoxy) is 3. The molecule has 3 aliphatic rings. The van der Waals surface area contributed by atoms with Crippen LogP contribution in [0.5, 0.6) is 5.75 Å². The number of Topliss-reactive ketones (excluding diaryl/α,β-unsaturated/α-hetero) is 1. The minimum atomic E-state index is -1.76. The van der Waals surface area contributed by atoms with Crippen molar-refractivity contribution in [3.05, 3.63) is 65.7 Å². The smallest absolute Gasteiger partial charge is 0.330 e. The number of benzene rings is 2. The van der Waals surface area contributed by atoms with Crippen LogP contribution >= 0.6 is 0 Å². The molecule has 4 atom stereocenters. The molecule has 0 aliphatic carbocycles. The molecule has 2 aromatic carbocycles. The van der Waals surface area contributed by atoms with Gasteiger partial charge in [-0.1, -0.05) is 42.5 Å². The molecule has 1 N–H and O–H groups in total. The van der Waals surface area contributed by atoms with E-state index in [2.05, 4.69) is 5.32 Å². The number of carbonyl (C=O) groups is 3. The number of ketones is 1. The molecule has 2 aromatic rings. The standard InChI is InChI=1S/C22H19NO6/c1-27-20(26)22-16(13-7-3-2-4-8-13)23-21(11-12-28-19(21)25)18(22)29-15-10-6-5-9-14(15)17(22)24/h2-10,16,18,23H,11-12H2,1H3/t16-,18+,21-,22-/m0/s1. The maximum atomic E-state index is 13.9. The lowest BCUT2D eigenvalue weighted by Gasteiger charge is -2.41. The molecule has 7 nitrogen and oxygen atoms in total. The highest BCUT2D eigenvalue weighted by molar-refractivity contribution is 6.17. The third kappa shape index (κ3) is 2.13. The lowest BCUT2D eigenvalue weighted by Crippen LogP contribution is -2.62. The molecular weight excluding hydrogens is 374 g/mol. The number of rotatable bonds is 2. The first-order valence-electron chi connectivity index (χ1n) is 9.44. The van der Waals surface area contributed by atoms with E-state index in [0.717, 1.165) is 0 Å². The molecule has 5 rings (SSSR count). The summed E-state index contributed by atoms with van der Waals surface area (Å²) >= 11 is 0. The van der Waals surface area contributed by atoms with Crippen LogP contribution in [0.15, 0.2) is 54.6 Å². The van der Waals surface area contributed by atoms with E-state index < -0.39 is 40.8 Å².